The van der Waals surface area contributed by atoms with Crippen LogP contribution in [-0.2, 0) is 0 Å². The molecule has 2 aromatic carbocycles. The molecule has 2 aromatic rings. The number of aliphatic hydroxyl groups is 1. The molecular formula is C20H25NO4. The molecule has 0 spiro atoms. The predicted molar refractivity (Wildman–Crippen MR) is 97.5 cm³/mol. The minimum atomic E-state index is -0.639. The van der Waals surface area contributed by atoms with Crippen LogP contribution >= 0.6 is 0 Å². The molecule has 1 atom stereocenters. The lowest BCUT2D eigenvalue weighted by molar-refractivity contribution is 0.101. The summed E-state index contributed by atoms with van der Waals surface area (Å²) in [5.41, 5.74) is 1.79. The van der Waals surface area contributed by atoms with Crippen LogP contribution in [0.25, 0.3) is 0 Å². The second-order valence-electron chi connectivity index (χ2n) is 5.91. The van der Waals surface area contributed by atoms with E-state index in [4.69, 9.17) is 9.47 Å². The van der Waals surface area contributed by atoms with Crippen LogP contribution in [0.3, 0.4) is 0 Å². The Morgan fingerprint density at radius 2 is 1.88 bits per heavy atom. The lowest BCUT2D eigenvalue weighted by Crippen LogP contribution is -2.33. The second-order valence-corrected chi connectivity index (χ2v) is 5.91. The minimum Gasteiger partial charge on any atom is -0.492 e. The molecular weight excluding hydrogens is 318 g/mol. The van der Waals surface area contributed by atoms with Crippen LogP contribution in [0.4, 0.5) is 0 Å². The number of ketones is 1. The summed E-state index contributed by atoms with van der Waals surface area (Å²) in [5, 5.41) is 13.1. The minimum absolute atomic E-state index is 0.0127. The van der Waals surface area contributed by atoms with Crippen LogP contribution in [-0.4, -0.2) is 43.3 Å². The van der Waals surface area contributed by atoms with Crippen LogP contribution in [0.15, 0.2) is 48.5 Å². The molecule has 0 radical (unpaired) electrons. The van der Waals surface area contributed by atoms with E-state index in [2.05, 4.69) is 5.32 Å². The zero-order valence-corrected chi connectivity index (χ0v) is 14.7. The Morgan fingerprint density at radius 1 is 1.12 bits per heavy atom. The van der Waals surface area contributed by atoms with E-state index in [9.17, 15) is 9.90 Å². The van der Waals surface area contributed by atoms with Gasteiger partial charge >= 0.3 is 0 Å². The Bertz CT molecular complexity index is 670. The van der Waals surface area contributed by atoms with Crippen molar-refractivity contribution in [1.82, 2.24) is 5.32 Å². The highest BCUT2D eigenvalue weighted by atomic mass is 16.5. The fourth-order valence-electron chi connectivity index (χ4n) is 2.20. The predicted octanol–water partition coefficient (Wildman–Crippen LogP) is 2.61. The highest BCUT2D eigenvalue weighted by molar-refractivity contribution is 5.94. The molecule has 134 valence electrons. The molecule has 0 aromatic heterocycles. The number of carbonyl (C=O) groups excluding carboxylic acids is 1. The zero-order chi connectivity index (χ0) is 18.1. The van der Waals surface area contributed by atoms with E-state index in [1.54, 1.807) is 24.3 Å². The van der Waals surface area contributed by atoms with Gasteiger partial charge in [0.15, 0.2) is 5.78 Å². The van der Waals surface area contributed by atoms with E-state index >= 15 is 0 Å². The third-order valence-corrected chi connectivity index (χ3v) is 3.63. The molecule has 0 fully saturated rings. The fourth-order valence-corrected chi connectivity index (χ4v) is 2.20. The van der Waals surface area contributed by atoms with Crippen molar-refractivity contribution in [2.24, 2.45) is 0 Å². The van der Waals surface area contributed by atoms with E-state index in [0.717, 1.165) is 5.75 Å². The average molecular weight is 343 g/mol. The van der Waals surface area contributed by atoms with Gasteiger partial charge in [-0.3, -0.25) is 4.79 Å². The zero-order valence-electron chi connectivity index (χ0n) is 14.7. The van der Waals surface area contributed by atoms with Gasteiger partial charge in [0.25, 0.3) is 0 Å². The standard InChI is InChI=1S/C20H25NO4/c1-15-6-8-19(9-7-15)24-11-10-21-13-18(23)14-25-20-5-3-4-17(12-20)16(2)22/h3-9,12,18,21,23H,10-11,13-14H2,1-2H3/t18-/m0/s1. The van der Waals surface area contributed by atoms with Crippen LogP contribution in [0, 0.1) is 6.92 Å². The van der Waals surface area contributed by atoms with Crippen molar-refractivity contribution in [1.29, 1.82) is 0 Å². The Kier molecular flexibility index (Phi) is 7.44. The Morgan fingerprint density at radius 3 is 2.60 bits per heavy atom. The summed E-state index contributed by atoms with van der Waals surface area (Å²) in [6.45, 7) is 5.26. The van der Waals surface area contributed by atoms with Gasteiger partial charge in [0, 0.05) is 18.7 Å². The summed E-state index contributed by atoms with van der Waals surface area (Å²) in [4.78, 5) is 11.3. The first kappa shape index (κ1) is 19.0. The number of rotatable bonds is 10. The molecule has 0 heterocycles. The molecule has 0 aliphatic rings. The van der Waals surface area contributed by atoms with Gasteiger partial charge in [-0.25, -0.2) is 0 Å². The highest BCUT2D eigenvalue weighted by Crippen LogP contribution is 2.14. The molecule has 0 aliphatic heterocycles. The summed E-state index contributed by atoms with van der Waals surface area (Å²) >= 11 is 0. The molecule has 25 heavy (non-hydrogen) atoms. The molecule has 0 saturated heterocycles. The number of benzene rings is 2. The van der Waals surface area contributed by atoms with E-state index in [-0.39, 0.29) is 12.4 Å². The lowest BCUT2D eigenvalue weighted by Gasteiger charge is -2.14. The van der Waals surface area contributed by atoms with Gasteiger partial charge in [-0.1, -0.05) is 29.8 Å². The average Bonchev–Trinajstić information content (AvgIpc) is 2.61. The normalized spacial score (nSPS) is 11.8. The lowest BCUT2D eigenvalue weighted by atomic mass is 10.1. The van der Waals surface area contributed by atoms with Gasteiger partial charge in [-0.05, 0) is 38.1 Å². The van der Waals surface area contributed by atoms with Crippen molar-refractivity contribution in [2.75, 3.05) is 26.3 Å². The van der Waals surface area contributed by atoms with Crippen LogP contribution < -0.4 is 14.8 Å². The fraction of sp³-hybridized carbons (Fsp3) is 0.350. The van der Waals surface area contributed by atoms with Crippen molar-refractivity contribution in [3.63, 3.8) is 0 Å². The van der Waals surface area contributed by atoms with Gasteiger partial charge in [-0.2, -0.15) is 0 Å². The monoisotopic (exact) mass is 343 g/mol. The topological polar surface area (TPSA) is 67.8 Å². The van der Waals surface area contributed by atoms with Crippen LogP contribution in [0.5, 0.6) is 11.5 Å². The number of carbonyl (C=O) groups is 1. The van der Waals surface area contributed by atoms with Gasteiger partial charge in [0.2, 0.25) is 0 Å². The number of hydrogen-bond donors (Lipinski definition) is 2. The molecule has 0 unspecified atom stereocenters. The second kappa shape index (κ2) is 9.81. The van der Waals surface area contributed by atoms with Crippen molar-refractivity contribution >= 4 is 5.78 Å². The summed E-state index contributed by atoms with van der Waals surface area (Å²) in [6, 6.07) is 14.8. The van der Waals surface area contributed by atoms with Gasteiger partial charge in [0.05, 0.1) is 0 Å². The van der Waals surface area contributed by atoms with Crippen molar-refractivity contribution < 1.29 is 19.4 Å². The first-order valence-corrected chi connectivity index (χ1v) is 8.36. The van der Waals surface area contributed by atoms with Crippen molar-refractivity contribution in [3.8, 4) is 11.5 Å². The summed E-state index contributed by atoms with van der Waals surface area (Å²) in [6.07, 6.45) is -0.639. The number of aryl methyl sites for hydroxylation is 1. The van der Waals surface area contributed by atoms with Crippen LogP contribution in [0.2, 0.25) is 0 Å². The maximum Gasteiger partial charge on any atom is 0.159 e. The van der Waals surface area contributed by atoms with E-state index < -0.39 is 6.10 Å². The van der Waals surface area contributed by atoms with Gasteiger partial charge in [0.1, 0.15) is 30.8 Å². The number of Topliss-reactive ketones (excluding diaryl/α,β-unsaturated/α-hetero) is 1. The smallest absolute Gasteiger partial charge is 0.159 e. The van der Waals surface area contributed by atoms with Crippen LogP contribution in [0.1, 0.15) is 22.8 Å². The maximum absolute atomic E-state index is 11.3. The van der Waals surface area contributed by atoms with Gasteiger partial charge in [-0.15, -0.1) is 0 Å². The van der Waals surface area contributed by atoms with Crippen molar-refractivity contribution in [2.45, 2.75) is 20.0 Å². The summed E-state index contributed by atoms with van der Waals surface area (Å²) in [5.74, 6) is 1.40. The molecule has 2 rings (SSSR count). The Hall–Kier alpha value is -2.37. The quantitative estimate of drug-likeness (QED) is 0.513. The Balaban J connectivity index is 1.60. The number of nitrogens with one attached hydrogen (secondary N) is 1. The van der Waals surface area contributed by atoms with E-state index in [1.807, 2.05) is 31.2 Å². The molecule has 0 saturated carbocycles. The van der Waals surface area contributed by atoms with E-state index in [1.165, 1.54) is 12.5 Å². The first-order chi connectivity index (χ1) is 12.0. The molecule has 0 bridgehead atoms. The molecule has 2 N–H and O–H groups in total. The molecule has 0 aliphatic carbocycles. The van der Waals surface area contributed by atoms with Crippen molar-refractivity contribution in [3.05, 3.63) is 59.7 Å². The third kappa shape index (κ3) is 6.95. The molecule has 5 heteroatoms. The first-order valence-electron chi connectivity index (χ1n) is 8.36. The number of ether oxygens (including phenoxy) is 2. The third-order valence-electron chi connectivity index (χ3n) is 3.63. The maximum atomic E-state index is 11.3. The van der Waals surface area contributed by atoms with Gasteiger partial charge < -0.3 is 19.9 Å². The number of hydrogen-bond acceptors (Lipinski definition) is 5. The molecule has 0 amide bonds. The summed E-state index contributed by atoms with van der Waals surface area (Å²) < 4.78 is 11.1. The highest BCUT2D eigenvalue weighted by Gasteiger charge is 2.06. The molecule has 5 nitrogen and oxygen atoms in total. The number of aliphatic hydroxyl groups excluding tert-OH is 1. The Labute approximate surface area is 148 Å². The van der Waals surface area contributed by atoms with E-state index in [0.29, 0.717) is 31.0 Å². The largest absolute Gasteiger partial charge is 0.492 e. The summed E-state index contributed by atoms with van der Waals surface area (Å²) in [7, 11) is 0. The SMILES string of the molecule is CC(=O)c1cccc(OC[C@@H](O)CNCCOc2ccc(C)cc2)c1.